The van der Waals surface area contributed by atoms with Crippen molar-refractivity contribution >= 4 is 34.7 Å². The number of halogens is 1. The van der Waals surface area contributed by atoms with Gasteiger partial charge in [0, 0.05) is 48.5 Å². The smallest absolute Gasteiger partial charge is 0.273 e. The van der Waals surface area contributed by atoms with Crippen LogP contribution >= 0.6 is 11.9 Å². The van der Waals surface area contributed by atoms with Gasteiger partial charge in [0.2, 0.25) is 0 Å². The third-order valence-corrected chi connectivity index (χ3v) is 5.32. The van der Waals surface area contributed by atoms with Crippen molar-refractivity contribution in [1.29, 1.82) is 0 Å². The monoisotopic (exact) mass is 424 g/mol. The van der Waals surface area contributed by atoms with Gasteiger partial charge in [-0.3, -0.25) is 4.79 Å². The summed E-state index contributed by atoms with van der Waals surface area (Å²) in [6.07, 6.45) is 1.80. The molecule has 0 atom stereocenters. The molecular weight excluding hydrogens is 399 g/mol. The molecule has 156 valence electrons. The van der Waals surface area contributed by atoms with Crippen molar-refractivity contribution < 1.29 is 4.39 Å². The Morgan fingerprint density at radius 1 is 1.10 bits per heavy atom. The number of hydrogen-bond acceptors (Lipinski definition) is 5. The second-order valence-electron chi connectivity index (χ2n) is 7.00. The minimum atomic E-state index is -0.256. The number of aromatic nitrogens is 1. The Kier molecular flexibility index (Phi) is 6.52. The molecule has 3 N–H and O–H groups in total. The van der Waals surface area contributed by atoms with E-state index < -0.39 is 0 Å². The van der Waals surface area contributed by atoms with E-state index in [0.29, 0.717) is 5.69 Å². The topological polar surface area (TPSA) is 58.1 Å². The van der Waals surface area contributed by atoms with Crippen LogP contribution in [0, 0.1) is 19.7 Å². The highest BCUT2D eigenvalue weighted by Gasteiger charge is 2.13. The van der Waals surface area contributed by atoms with Gasteiger partial charge >= 0.3 is 0 Å². The van der Waals surface area contributed by atoms with Gasteiger partial charge in [-0.05, 0) is 78.7 Å². The molecule has 5 nitrogen and oxygen atoms in total. The SMILES string of the molecule is C=CSNc1ccc(Nc2c(C)cc(F)cc2C)c(-c2cc(NC)c(=O)n(C)c2)c1. The summed E-state index contributed by atoms with van der Waals surface area (Å²) in [5.74, 6) is -0.256. The predicted molar refractivity (Wildman–Crippen MR) is 127 cm³/mol. The number of hydrogen-bond donors (Lipinski definition) is 3. The third kappa shape index (κ3) is 4.52. The molecule has 0 aliphatic rings. The standard InChI is InChI=1S/C23H25FN4OS/c1-6-30-27-18-7-8-20(26-22-14(2)9-17(24)10-15(22)3)19(12-18)16-11-21(25-4)23(29)28(5)13-16/h6-13,25-27H,1H2,2-5H3. The molecule has 1 heterocycles. The number of aryl methyl sites for hydroxylation is 3. The van der Waals surface area contributed by atoms with Crippen LogP contribution in [0.25, 0.3) is 11.1 Å². The van der Waals surface area contributed by atoms with Gasteiger partial charge in [-0.1, -0.05) is 6.58 Å². The summed E-state index contributed by atoms with van der Waals surface area (Å²) in [4.78, 5) is 12.3. The van der Waals surface area contributed by atoms with Gasteiger partial charge in [-0.2, -0.15) is 0 Å². The molecule has 3 aromatic rings. The van der Waals surface area contributed by atoms with Crippen molar-refractivity contribution in [3.63, 3.8) is 0 Å². The predicted octanol–water partition coefficient (Wildman–Crippen LogP) is 5.80. The first kappa shape index (κ1) is 21.5. The Bertz CT molecular complexity index is 1130. The van der Waals surface area contributed by atoms with Crippen molar-refractivity contribution in [2.24, 2.45) is 7.05 Å². The molecule has 2 aromatic carbocycles. The van der Waals surface area contributed by atoms with E-state index in [1.165, 1.54) is 24.1 Å². The van der Waals surface area contributed by atoms with Gasteiger partial charge in [0.1, 0.15) is 11.5 Å². The molecular formula is C23H25FN4OS. The number of nitrogens with zero attached hydrogens (tertiary/aromatic N) is 1. The zero-order valence-corrected chi connectivity index (χ0v) is 18.3. The fourth-order valence-corrected chi connectivity index (χ4v) is 3.69. The summed E-state index contributed by atoms with van der Waals surface area (Å²) >= 11 is 1.38. The Balaban J connectivity index is 2.16. The lowest BCUT2D eigenvalue weighted by atomic mass is 10.0. The molecule has 0 amide bonds. The van der Waals surface area contributed by atoms with Crippen LogP contribution in [0.3, 0.4) is 0 Å². The summed E-state index contributed by atoms with van der Waals surface area (Å²) in [6.45, 7) is 7.46. The van der Waals surface area contributed by atoms with Crippen LogP contribution in [-0.4, -0.2) is 11.6 Å². The van der Waals surface area contributed by atoms with Crippen LogP contribution in [0.4, 0.5) is 27.1 Å². The Hall–Kier alpha value is -3.19. The van der Waals surface area contributed by atoms with Gasteiger partial charge in [0.05, 0.1) is 0 Å². The Morgan fingerprint density at radius 2 is 1.80 bits per heavy atom. The lowest BCUT2D eigenvalue weighted by molar-refractivity contribution is 0.625. The van der Waals surface area contributed by atoms with Gasteiger partial charge in [0.15, 0.2) is 0 Å². The van der Waals surface area contributed by atoms with Crippen LogP contribution in [0.5, 0.6) is 0 Å². The first-order chi connectivity index (χ1) is 14.3. The molecule has 0 spiro atoms. The maximum Gasteiger partial charge on any atom is 0.273 e. The summed E-state index contributed by atoms with van der Waals surface area (Å²) in [5, 5.41) is 8.13. The third-order valence-electron chi connectivity index (χ3n) is 4.80. The van der Waals surface area contributed by atoms with Crippen molar-refractivity contribution in [1.82, 2.24) is 4.57 Å². The molecule has 30 heavy (non-hydrogen) atoms. The highest BCUT2D eigenvalue weighted by atomic mass is 32.2. The van der Waals surface area contributed by atoms with Crippen molar-refractivity contribution in [2.75, 3.05) is 22.4 Å². The average molecular weight is 425 g/mol. The number of pyridine rings is 1. The van der Waals surface area contributed by atoms with E-state index in [2.05, 4.69) is 21.9 Å². The summed E-state index contributed by atoms with van der Waals surface area (Å²) in [6, 6.07) is 10.8. The second-order valence-corrected chi connectivity index (χ2v) is 7.77. The normalized spacial score (nSPS) is 10.6. The van der Waals surface area contributed by atoms with Crippen LogP contribution < -0.4 is 20.9 Å². The van der Waals surface area contributed by atoms with E-state index in [-0.39, 0.29) is 11.4 Å². The fourth-order valence-electron chi connectivity index (χ4n) is 3.35. The van der Waals surface area contributed by atoms with Crippen LogP contribution in [0.1, 0.15) is 11.1 Å². The second kappa shape index (κ2) is 9.09. The first-order valence-corrected chi connectivity index (χ1v) is 10.3. The molecule has 0 aliphatic carbocycles. The Morgan fingerprint density at radius 3 is 2.43 bits per heavy atom. The highest BCUT2D eigenvalue weighted by Crippen LogP contribution is 2.36. The lowest BCUT2D eigenvalue weighted by Gasteiger charge is -2.18. The minimum Gasteiger partial charge on any atom is -0.384 e. The van der Waals surface area contributed by atoms with E-state index in [4.69, 9.17) is 0 Å². The lowest BCUT2D eigenvalue weighted by Crippen LogP contribution is -2.19. The van der Waals surface area contributed by atoms with Crippen molar-refractivity contribution in [3.05, 3.63) is 81.9 Å². The van der Waals surface area contributed by atoms with Gasteiger partial charge in [0.25, 0.3) is 5.56 Å². The van der Waals surface area contributed by atoms with E-state index in [0.717, 1.165) is 39.3 Å². The summed E-state index contributed by atoms with van der Waals surface area (Å²) in [7, 11) is 3.45. The van der Waals surface area contributed by atoms with Gasteiger partial charge < -0.3 is 19.9 Å². The minimum absolute atomic E-state index is 0.0996. The number of rotatable bonds is 7. The molecule has 0 saturated carbocycles. The highest BCUT2D eigenvalue weighted by molar-refractivity contribution is 8.03. The fraction of sp³-hybridized carbons (Fsp3) is 0.174. The van der Waals surface area contributed by atoms with E-state index in [1.807, 2.05) is 38.1 Å². The number of anilines is 4. The quantitative estimate of drug-likeness (QED) is 0.419. The molecule has 0 radical (unpaired) electrons. The molecule has 0 bridgehead atoms. The summed E-state index contributed by atoms with van der Waals surface area (Å²) in [5.41, 5.74) is 6.42. The molecule has 1 aromatic heterocycles. The zero-order valence-electron chi connectivity index (χ0n) is 17.5. The molecule has 7 heteroatoms. The first-order valence-electron chi connectivity index (χ1n) is 9.43. The van der Waals surface area contributed by atoms with Gasteiger partial charge in [-0.25, -0.2) is 4.39 Å². The van der Waals surface area contributed by atoms with E-state index in [1.54, 1.807) is 30.3 Å². The zero-order chi connectivity index (χ0) is 21.8. The van der Waals surface area contributed by atoms with Crippen molar-refractivity contribution in [2.45, 2.75) is 13.8 Å². The van der Waals surface area contributed by atoms with E-state index in [9.17, 15) is 9.18 Å². The van der Waals surface area contributed by atoms with Crippen LogP contribution in [0.15, 0.2) is 59.4 Å². The van der Waals surface area contributed by atoms with E-state index >= 15 is 0 Å². The molecule has 0 unspecified atom stereocenters. The summed E-state index contributed by atoms with van der Waals surface area (Å²) < 4.78 is 18.5. The molecule has 0 fully saturated rings. The molecule has 0 aliphatic heterocycles. The number of benzene rings is 2. The van der Waals surface area contributed by atoms with Crippen molar-refractivity contribution in [3.8, 4) is 11.1 Å². The molecule has 3 rings (SSSR count). The molecule has 0 saturated heterocycles. The van der Waals surface area contributed by atoms with Crippen LogP contribution in [0.2, 0.25) is 0 Å². The largest absolute Gasteiger partial charge is 0.384 e. The van der Waals surface area contributed by atoms with Crippen LogP contribution in [-0.2, 0) is 7.05 Å². The average Bonchev–Trinajstić information content (AvgIpc) is 2.71. The maximum absolute atomic E-state index is 13.7. The van der Waals surface area contributed by atoms with Gasteiger partial charge in [-0.15, -0.1) is 0 Å². The Labute approximate surface area is 180 Å². The maximum atomic E-state index is 13.7. The number of nitrogens with one attached hydrogen (secondary N) is 3.